The molecule has 2 heteroatoms. The molecule has 0 radical (unpaired) electrons. The van der Waals surface area contributed by atoms with Crippen molar-refractivity contribution >= 4 is 11.4 Å². The van der Waals surface area contributed by atoms with Crippen LogP contribution in [-0.4, -0.2) is 12.9 Å². The van der Waals surface area contributed by atoms with Crippen molar-refractivity contribution in [2.24, 2.45) is 5.92 Å². The number of hydrogen-bond acceptors (Lipinski definition) is 2. The number of carbonyl (C=O) groups is 1. The number of benzene rings is 1. The SMILES string of the molecule is COC1=C(c2c(C)cc(C)cc2C)C(=O)/C(=C/C2CC2)C1. The van der Waals surface area contributed by atoms with Gasteiger partial charge in [-0.05, 0) is 56.2 Å². The zero-order chi connectivity index (χ0) is 15.1. The van der Waals surface area contributed by atoms with E-state index in [2.05, 4.69) is 39.0 Å². The smallest absolute Gasteiger partial charge is 0.193 e. The molecule has 0 aliphatic heterocycles. The van der Waals surface area contributed by atoms with Gasteiger partial charge in [-0.15, -0.1) is 0 Å². The van der Waals surface area contributed by atoms with E-state index in [1.54, 1.807) is 7.11 Å². The number of methoxy groups -OCH3 is 1. The Kier molecular flexibility index (Phi) is 3.48. The van der Waals surface area contributed by atoms with E-state index >= 15 is 0 Å². The van der Waals surface area contributed by atoms with Gasteiger partial charge in [0, 0.05) is 12.0 Å². The molecule has 0 amide bonds. The molecule has 0 atom stereocenters. The second-order valence-electron chi connectivity index (χ2n) is 6.31. The van der Waals surface area contributed by atoms with Gasteiger partial charge in [0.2, 0.25) is 0 Å². The number of aryl methyl sites for hydroxylation is 3. The molecule has 1 fully saturated rings. The topological polar surface area (TPSA) is 26.3 Å². The third-order valence-corrected chi connectivity index (χ3v) is 4.38. The van der Waals surface area contributed by atoms with Crippen molar-refractivity contribution in [3.63, 3.8) is 0 Å². The van der Waals surface area contributed by atoms with Gasteiger partial charge >= 0.3 is 0 Å². The molecule has 2 aliphatic carbocycles. The minimum atomic E-state index is 0.161. The van der Waals surface area contributed by atoms with Crippen LogP contribution in [0.1, 0.15) is 41.5 Å². The summed E-state index contributed by atoms with van der Waals surface area (Å²) in [5, 5.41) is 0. The largest absolute Gasteiger partial charge is 0.500 e. The Morgan fingerprint density at radius 3 is 2.29 bits per heavy atom. The van der Waals surface area contributed by atoms with Crippen molar-refractivity contribution in [2.45, 2.75) is 40.0 Å². The van der Waals surface area contributed by atoms with E-state index in [0.717, 1.165) is 33.6 Å². The summed E-state index contributed by atoms with van der Waals surface area (Å²) in [7, 11) is 1.67. The van der Waals surface area contributed by atoms with E-state index < -0.39 is 0 Å². The summed E-state index contributed by atoms with van der Waals surface area (Å²) in [6.45, 7) is 6.24. The summed E-state index contributed by atoms with van der Waals surface area (Å²) in [6.07, 6.45) is 5.25. The van der Waals surface area contributed by atoms with Crippen molar-refractivity contribution in [3.05, 3.63) is 51.8 Å². The minimum Gasteiger partial charge on any atom is -0.500 e. The van der Waals surface area contributed by atoms with Gasteiger partial charge in [0.25, 0.3) is 0 Å². The fraction of sp³-hybridized carbons (Fsp3) is 0.421. The fourth-order valence-electron chi connectivity index (χ4n) is 3.31. The third-order valence-electron chi connectivity index (χ3n) is 4.38. The quantitative estimate of drug-likeness (QED) is 0.773. The lowest BCUT2D eigenvalue weighted by Crippen LogP contribution is -2.04. The molecule has 0 heterocycles. The predicted octanol–water partition coefficient (Wildman–Crippen LogP) is 4.28. The summed E-state index contributed by atoms with van der Waals surface area (Å²) in [5.74, 6) is 1.59. The van der Waals surface area contributed by atoms with Gasteiger partial charge in [0.05, 0.1) is 12.7 Å². The average molecular weight is 282 g/mol. The van der Waals surface area contributed by atoms with Gasteiger partial charge in [0.1, 0.15) is 5.76 Å². The van der Waals surface area contributed by atoms with Crippen molar-refractivity contribution < 1.29 is 9.53 Å². The van der Waals surface area contributed by atoms with Gasteiger partial charge < -0.3 is 4.74 Å². The van der Waals surface area contributed by atoms with Crippen LogP contribution < -0.4 is 0 Å². The summed E-state index contributed by atoms with van der Waals surface area (Å²) in [5.41, 5.74) is 6.29. The number of ketones is 1. The Morgan fingerprint density at radius 2 is 1.76 bits per heavy atom. The lowest BCUT2D eigenvalue weighted by Gasteiger charge is -2.13. The maximum absolute atomic E-state index is 12.8. The molecule has 21 heavy (non-hydrogen) atoms. The van der Waals surface area contributed by atoms with Gasteiger partial charge in [-0.25, -0.2) is 0 Å². The molecule has 1 aromatic rings. The van der Waals surface area contributed by atoms with Crippen LogP contribution in [0.25, 0.3) is 5.57 Å². The average Bonchev–Trinajstić information content (AvgIpc) is 3.17. The first kappa shape index (κ1) is 14.1. The standard InChI is InChI=1S/C19H22O2/c1-11-7-12(2)17(13(3)8-11)18-16(21-4)10-15(19(18)20)9-14-5-6-14/h7-9,14H,5-6,10H2,1-4H3/b15-9+. The van der Waals surface area contributed by atoms with Gasteiger partial charge in [-0.2, -0.15) is 0 Å². The van der Waals surface area contributed by atoms with E-state index in [1.165, 1.54) is 18.4 Å². The minimum absolute atomic E-state index is 0.161. The highest BCUT2D eigenvalue weighted by atomic mass is 16.5. The highest BCUT2D eigenvalue weighted by Crippen LogP contribution is 2.41. The molecule has 0 bridgehead atoms. The number of rotatable bonds is 3. The molecular weight excluding hydrogens is 260 g/mol. The highest BCUT2D eigenvalue weighted by molar-refractivity contribution is 6.32. The van der Waals surface area contributed by atoms with Crippen molar-refractivity contribution in [2.75, 3.05) is 7.11 Å². The first-order valence-corrected chi connectivity index (χ1v) is 7.62. The Hall–Kier alpha value is -1.83. The summed E-state index contributed by atoms with van der Waals surface area (Å²) < 4.78 is 5.54. The third kappa shape index (κ3) is 2.55. The monoisotopic (exact) mass is 282 g/mol. The van der Waals surface area contributed by atoms with Crippen molar-refractivity contribution in [3.8, 4) is 0 Å². The molecule has 0 saturated heterocycles. The van der Waals surface area contributed by atoms with Gasteiger partial charge in [0.15, 0.2) is 5.78 Å². The van der Waals surface area contributed by atoms with Crippen LogP contribution in [0.4, 0.5) is 0 Å². The van der Waals surface area contributed by atoms with E-state index in [1.807, 2.05) is 0 Å². The van der Waals surface area contributed by atoms with E-state index in [-0.39, 0.29) is 5.78 Å². The Morgan fingerprint density at radius 1 is 1.14 bits per heavy atom. The number of Topliss-reactive ketones (excluding diaryl/α,β-unsaturated/α-hetero) is 1. The van der Waals surface area contributed by atoms with Crippen molar-refractivity contribution in [1.82, 2.24) is 0 Å². The van der Waals surface area contributed by atoms with Crippen LogP contribution in [-0.2, 0) is 9.53 Å². The first-order chi connectivity index (χ1) is 10.0. The normalized spacial score (nSPS) is 20.6. The van der Waals surface area contributed by atoms with Crippen molar-refractivity contribution in [1.29, 1.82) is 0 Å². The summed E-state index contributed by atoms with van der Waals surface area (Å²) in [6, 6.07) is 4.27. The summed E-state index contributed by atoms with van der Waals surface area (Å²) >= 11 is 0. The zero-order valence-electron chi connectivity index (χ0n) is 13.2. The van der Waals surface area contributed by atoms with Gasteiger partial charge in [-0.1, -0.05) is 23.8 Å². The van der Waals surface area contributed by atoms with Crippen LogP contribution >= 0.6 is 0 Å². The molecular formula is C19H22O2. The molecule has 2 aliphatic rings. The van der Waals surface area contributed by atoms with Gasteiger partial charge in [-0.3, -0.25) is 4.79 Å². The predicted molar refractivity (Wildman–Crippen MR) is 85.0 cm³/mol. The van der Waals surface area contributed by atoms with E-state index in [0.29, 0.717) is 12.3 Å². The molecule has 1 aromatic carbocycles. The molecule has 3 rings (SSSR count). The molecule has 0 aromatic heterocycles. The maximum atomic E-state index is 12.8. The molecule has 2 nitrogen and oxygen atoms in total. The van der Waals surface area contributed by atoms with Crippen LogP contribution in [0.15, 0.2) is 29.5 Å². The van der Waals surface area contributed by atoms with Crippen LogP contribution in [0.3, 0.4) is 0 Å². The maximum Gasteiger partial charge on any atom is 0.193 e. The first-order valence-electron chi connectivity index (χ1n) is 7.62. The molecule has 1 saturated carbocycles. The van der Waals surface area contributed by atoms with E-state index in [9.17, 15) is 4.79 Å². The number of ether oxygens (including phenoxy) is 1. The Balaban J connectivity index is 2.09. The molecule has 110 valence electrons. The number of carbonyl (C=O) groups excluding carboxylic acids is 1. The Labute approximate surface area is 126 Å². The summed E-state index contributed by atoms with van der Waals surface area (Å²) in [4.78, 5) is 12.8. The lowest BCUT2D eigenvalue weighted by molar-refractivity contribution is -0.110. The molecule has 0 unspecified atom stereocenters. The number of allylic oxidation sites excluding steroid dienone is 3. The molecule has 0 spiro atoms. The van der Waals surface area contributed by atoms with Crippen LogP contribution in [0, 0.1) is 26.7 Å². The van der Waals surface area contributed by atoms with E-state index in [4.69, 9.17) is 4.74 Å². The van der Waals surface area contributed by atoms with Crippen LogP contribution in [0.5, 0.6) is 0 Å². The fourth-order valence-corrected chi connectivity index (χ4v) is 3.31. The molecule has 0 N–H and O–H groups in total. The Bertz CT molecular complexity index is 650. The number of hydrogen-bond donors (Lipinski definition) is 0. The van der Waals surface area contributed by atoms with Crippen LogP contribution in [0.2, 0.25) is 0 Å². The lowest BCUT2D eigenvalue weighted by atomic mass is 9.92. The second-order valence-corrected chi connectivity index (χ2v) is 6.31. The highest BCUT2D eigenvalue weighted by Gasteiger charge is 2.33. The zero-order valence-corrected chi connectivity index (χ0v) is 13.2. The second kappa shape index (κ2) is 5.18.